The van der Waals surface area contributed by atoms with Crippen LogP contribution in [0.3, 0.4) is 0 Å². The lowest BCUT2D eigenvalue weighted by molar-refractivity contribution is 0.166. The maximum atomic E-state index is 4.88. The van der Waals surface area contributed by atoms with Gasteiger partial charge in [-0.15, -0.1) is 0 Å². The van der Waals surface area contributed by atoms with Crippen LogP contribution in [0.2, 0.25) is 0 Å². The first-order valence-electron chi connectivity index (χ1n) is 3.67. The molecule has 2 nitrogen and oxygen atoms in total. The molecular weight excluding hydrogens is 138 g/mol. The van der Waals surface area contributed by atoms with Gasteiger partial charge in [0.1, 0.15) is 6.61 Å². The van der Waals surface area contributed by atoms with E-state index < -0.39 is 0 Å². The maximum Gasteiger partial charge on any atom is 0.129 e. The van der Waals surface area contributed by atoms with Crippen molar-refractivity contribution < 1.29 is 4.84 Å². The molecular formula is C9H9NO. The Hall–Kier alpha value is -1.31. The molecule has 11 heavy (non-hydrogen) atoms. The number of rotatable bonds is 1. The molecule has 1 aromatic rings. The summed E-state index contributed by atoms with van der Waals surface area (Å²) in [6.45, 7) is 0.685. The fraction of sp³-hybridized carbons (Fsp3) is 0.222. The van der Waals surface area contributed by atoms with Crippen LogP contribution in [0.4, 0.5) is 0 Å². The maximum absolute atomic E-state index is 4.88. The minimum absolute atomic E-state index is 0.358. The average Bonchev–Trinajstić information content (AvgIpc) is 2.58. The summed E-state index contributed by atoms with van der Waals surface area (Å²) in [6.07, 6.45) is 1.84. The van der Waals surface area contributed by atoms with Gasteiger partial charge in [0.15, 0.2) is 0 Å². The van der Waals surface area contributed by atoms with Crippen LogP contribution >= 0.6 is 0 Å². The Bertz CT molecular complexity index is 256. The van der Waals surface area contributed by atoms with Gasteiger partial charge in [-0.2, -0.15) is 0 Å². The van der Waals surface area contributed by atoms with Gasteiger partial charge in [0, 0.05) is 0 Å². The molecule has 0 aliphatic carbocycles. The minimum atomic E-state index is 0.358. The Morgan fingerprint density at radius 2 is 2.09 bits per heavy atom. The van der Waals surface area contributed by atoms with Crippen LogP contribution < -0.4 is 0 Å². The summed E-state index contributed by atoms with van der Waals surface area (Å²) < 4.78 is 0. The van der Waals surface area contributed by atoms with Crippen LogP contribution in [0.1, 0.15) is 11.5 Å². The Balaban J connectivity index is 2.23. The zero-order chi connectivity index (χ0) is 7.52. The summed E-state index contributed by atoms with van der Waals surface area (Å²) >= 11 is 0. The molecule has 1 atom stereocenters. The van der Waals surface area contributed by atoms with Crippen LogP contribution in [0, 0.1) is 0 Å². The van der Waals surface area contributed by atoms with Gasteiger partial charge in [-0.25, -0.2) is 0 Å². The van der Waals surface area contributed by atoms with Crippen LogP contribution in [-0.2, 0) is 4.84 Å². The van der Waals surface area contributed by atoms with E-state index in [-0.39, 0.29) is 0 Å². The van der Waals surface area contributed by atoms with Crippen molar-refractivity contribution in [2.24, 2.45) is 5.16 Å². The zero-order valence-corrected chi connectivity index (χ0v) is 6.10. The lowest BCUT2D eigenvalue weighted by Crippen LogP contribution is -1.99. The molecule has 1 aliphatic rings. The molecule has 1 heterocycles. The topological polar surface area (TPSA) is 21.6 Å². The van der Waals surface area contributed by atoms with Gasteiger partial charge >= 0.3 is 0 Å². The molecule has 1 aliphatic heterocycles. The summed E-state index contributed by atoms with van der Waals surface area (Å²) in [7, 11) is 0. The van der Waals surface area contributed by atoms with E-state index in [4.69, 9.17) is 4.84 Å². The third-order valence-corrected chi connectivity index (χ3v) is 1.80. The third-order valence-electron chi connectivity index (χ3n) is 1.80. The second-order valence-electron chi connectivity index (χ2n) is 2.57. The molecule has 0 N–H and O–H groups in total. The van der Waals surface area contributed by atoms with Crippen molar-refractivity contribution >= 4 is 6.21 Å². The predicted octanol–water partition coefficient (Wildman–Crippen LogP) is 1.79. The predicted molar refractivity (Wildman–Crippen MR) is 43.6 cm³/mol. The zero-order valence-electron chi connectivity index (χ0n) is 6.10. The second kappa shape index (κ2) is 2.74. The fourth-order valence-corrected chi connectivity index (χ4v) is 1.17. The van der Waals surface area contributed by atoms with Crippen LogP contribution in [0.25, 0.3) is 0 Å². The normalized spacial score (nSPS) is 21.6. The number of hydrogen-bond donors (Lipinski definition) is 0. The number of hydrogen-bond acceptors (Lipinski definition) is 2. The van der Waals surface area contributed by atoms with Crippen molar-refractivity contribution in [3.63, 3.8) is 0 Å². The summed E-state index contributed by atoms with van der Waals surface area (Å²) in [5, 5.41) is 3.72. The molecule has 0 radical (unpaired) electrons. The molecule has 2 rings (SSSR count). The van der Waals surface area contributed by atoms with Crippen LogP contribution in [-0.4, -0.2) is 12.8 Å². The highest BCUT2D eigenvalue weighted by molar-refractivity contribution is 5.68. The van der Waals surface area contributed by atoms with Crippen molar-refractivity contribution in [3.05, 3.63) is 35.9 Å². The third kappa shape index (κ3) is 1.24. The SMILES string of the molecule is C1=NOC[C@@H]1c1ccccc1. The molecule has 56 valence electrons. The number of benzene rings is 1. The molecule has 0 bridgehead atoms. The highest BCUT2D eigenvalue weighted by Crippen LogP contribution is 2.17. The van der Waals surface area contributed by atoms with E-state index in [2.05, 4.69) is 17.3 Å². The summed E-state index contributed by atoms with van der Waals surface area (Å²) in [5.41, 5.74) is 1.27. The molecule has 0 saturated heterocycles. The second-order valence-corrected chi connectivity index (χ2v) is 2.57. The first-order chi connectivity index (χ1) is 5.47. The molecule has 1 aromatic carbocycles. The lowest BCUT2D eigenvalue weighted by Gasteiger charge is -2.02. The van der Waals surface area contributed by atoms with E-state index in [0.717, 1.165) is 0 Å². The van der Waals surface area contributed by atoms with Gasteiger partial charge in [-0.05, 0) is 5.56 Å². The molecule has 0 spiro atoms. The Morgan fingerprint density at radius 1 is 1.27 bits per heavy atom. The molecule has 0 saturated carbocycles. The molecule has 0 aromatic heterocycles. The Kier molecular flexibility index (Phi) is 1.60. The van der Waals surface area contributed by atoms with E-state index in [1.807, 2.05) is 24.4 Å². The van der Waals surface area contributed by atoms with Crippen molar-refractivity contribution in [1.29, 1.82) is 0 Å². The number of oxime groups is 1. The molecule has 0 unspecified atom stereocenters. The van der Waals surface area contributed by atoms with Crippen molar-refractivity contribution in [2.75, 3.05) is 6.61 Å². The van der Waals surface area contributed by atoms with E-state index in [0.29, 0.717) is 12.5 Å². The fourth-order valence-electron chi connectivity index (χ4n) is 1.17. The van der Waals surface area contributed by atoms with Gasteiger partial charge < -0.3 is 4.84 Å². The average molecular weight is 147 g/mol. The molecule has 0 fully saturated rings. The first-order valence-corrected chi connectivity index (χ1v) is 3.67. The largest absolute Gasteiger partial charge is 0.395 e. The van der Waals surface area contributed by atoms with Gasteiger partial charge in [-0.1, -0.05) is 35.5 Å². The quantitative estimate of drug-likeness (QED) is 0.593. The smallest absolute Gasteiger partial charge is 0.129 e. The monoisotopic (exact) mass is 147 g/mol. The molecule has 2 heteroatoms. The van der Waals surface area contributed by atoms with Gasteiger partial charge in [0.05, 0.1) is 12.1 Å². The number of nitrogens with zero attached hydrogens (tertiary/aromatic N) is 1. The van der Waals surface area contributed by atoms with Gasteiger partial charge in [0.25, 0.3) is 0 Å². The molecule has 0 amide bonds. The van der Waals surface area contributed by atoms with Crippen LogP contribution in [0.5, 0.6) is 0 Å². The highest BCUT2D eigenvalue weighted by atomic mass is 16.6. The van der Waals surface area contributed by atoms with E-state index in [9.17, 15) is 0 Å². The van der Waals surface area contributed by atoms with Crippen LogP contribution in [0.15, 0.2) is 35.5 Å². The van der Waals surface area contributed by atoms with Crippen molar-refractivity contribution in [3.8, 4) is 0 Å². The van der Waals surface area contributed by atoms with E-state index in [1.165, 1.54) is 5.56 Å². The Labute approximate surface area is 65.5 Å². The summed E-state index contributed by atoms with van der Waals surface area (Å²) in [6, 6.07) is 10.2. The van der Waals surface area contributed by atoms with E-state index in [1.54, 1.807) is 0 Å². The van der Waals surface area contributed by atoms with E-state index >= 15 is 0 Å². The van der Waals surface area contributed by atoms with Crippen molar-refractivity contribution in [1.82, 2.24) is 0 Å². The van der Waals surface area contributed by atoms with Gasteiger partial charge in [0.2, 0.25) is 0 Å². The highest BCUT2D eigenvalue weighted by Gasteiger charge is 2.13. The minimum Gasteiger partial charge on any atom is -0.395 e. The first kappa shape index (κ1) is 6.40. The summed E-state index contributed by atoms with van der Waals surface area (Å²) in [4.78, 5) is 4.88. The Morgan fingerprint density at radius 3 is 2.73 bits per heavy atom. The standard InChI is InChI=1S/C9H9NO/c1-2-4-8(5-3-1)9-6-10-11-7-9/h1-6,9H,7H2/t9-/m1/s1. The van der Waals surface area contributed by atoms with Crippen molar-refractivity contribution in [2.45, 2.75) is 5.92 Å². The van der Waals surface area contributed by atoms with Gasteiger partial charge in [-0.3, -0.25) is 0 Å². The summed E-state index contributed by atoms with van der Waals surface area (Å²) in [5.74, 6) is 0.358. The lowest BCUT2D eigenvalue weighted by atomic mass is 10.0.